The summed E-state index contributed by atoms with van der Waals surface area (Å²) in [5.41, 5.74) is 0.130. The van der Waals surface area contributed by atoms with E-state index < -0.39 is 36.0 Å². The van der Waals surface area contributed by atoms with E-state index in [0.29, 0.717) is 10.9 Å². The molecule has 0 fully saturated rings. The second-order valence-corrected chi connectivity index (χ2v) is 6.44. The summed E-state index contributed by atoms with van der Waals surface area (Å²) in [4.78, 5) is 38.0. The van der Waals surface area contributed by atoms with Crippen molar-refractivity contribution in [1.82, 2.24) is 19.9 Å². The van der Waals surface area contributed by atoms with Gasteiger partial charge in [0.25, 0.3) is 5.56 Å². The van der Waals surface area contributed by atoms with E-state index in [4.69, 9.17) is 0 Å². The number of anilines is 1. The Bertz CT molecular complexity index is 1160. The molecule has 0 saturated carbocycles. The molecule has 2 amide bonds. The Morgan fingerprint density at radius 2 is 1.81 bits per heavy atom. The zero-order valence-electron chi connectivity index (χ0n) is 16.1. The summed E-state index contributed by atoms with van der Waals surface area (Å²) in [5, 5.41) is 10.4. The SMILES string of the molecule is CN(CC(=O)Nc1ccc(OC(F)(F)F)cc1)C(=O)Cn1nnc2ccccc2c1=O. The molecule has 0 spiro atoms. The number of ether oxygens (including phenoxy) is 1. The van der Waals surface area contributed by atoms with E-state index in [2.05, 4.69) is 20.4 Å². The smallest absolute Gasteiger partial charge is 0.406 e. The second kappa shape index (κ2) is 8.81. The standard InChI is InChI=1S/C19H16F3N5O4/c1-26(10-16(28)23-12-6-8-13(9-7-12)31-19(20,21)22)17(29)11-27-18(30)14-4-2-3-5-15(14)24-25-27/h2-9H,10-11H2,1H3,(H,23,28). The number of carbonyl (C=O) groups is 2. The number of fused-ring (bicyclic) bond motifs is 1. The summed E-state index contributed by atoms with van der Waals surface area (Å²) >= 11 is 0. The minimum Gasteiger partial charge on any atom is -0.406 e. The van der Waals surface area contributed by atoms with E-state index in [-0.39, 0.29) is 12.2 Å². The van der Waals surface area contributed by atoms with E-state index in [1.807, 2.05) is 0 Å². The zero-order chi connectivity index (χ0) is 22.6. The lowest BCUT2D eigenvalue weighted by atomic mass is 10.2. The Labute approximate surface area is 173 Å². The van der Waals surface area contributed by atoms with Gasteiger partial charge in [-0.25, -0.2) is 4.68 Å². The fraction of sp³-hybridized carbons (Fsp3) is 0.211. The van der Waals surface area contributed by atoms with Gasteiger partial charge in [0.05, 0.1) is 11.9 Å². The number of benzene rings is 2. The number of alkyl halides is 3. The van der Waals surface area contributed by atoms with Crippen molar-refractivity contribution in [3.63, 3.8) is 0 Å². The molecule has 0 bridgehead atoms. The number of halogens is 3. The molecule has 162 valence electrons. The molecule has 12 heteroatoms. The largest absolute Gasteiger partial charge is 0.573 e. The molecule has 0 radical (unpaired) electrons. The normalized spacial score (nSPS) is 11.2. The molecule has 1 aromatic heterocycles. The van der Waals surface area contributed by atoms with E-state index >= 15 is 0 Å². The van der Waals surface area contributed by atoms with Crippen molar-refractivity contribution in [1.29, 1.82) is 0 Å². The molecule has 31 heavy (non-hydrogen) atoms. The number of nitrogens with one attached hydrogen (secondary N) is 1. The minimum absolute atomic E-state index is 0.219. The second-order valence-electron chi connectivity index (χ2n) is 6.44. The molecular formula is C19H16F3N5O4. The third-order valence-electron chi connectivity index (χ3n) is 4.09. The van der Waals surface area contributed by atoms with Gasteiger partial charge in [-0.1, -0.05) is 17.3 Å². The number of carbonyl (C=O) groups excluding carboxylic acids is 2. The Morgan fingerprint density at radius 1 is 1.13 bits per heavy atom. The molecule has 3 rings (SSSR count). The zero-order valence-corrected chi connectivity index (χ0v) is 16.1. The molecule has 3 aromatic rings. The maximum absolute atomic E-state index is 12.4. The number of hydrogen-bond acceptors (Lipinski definition) is 6. The molecule has 1 N–H and O–H groups in total. The van der Waals surface area contributed by atoms with Crippen molar-refractivity contribution in [3.8, 4) is 5.75 Å². The van der Waals surface area contributed by atoms with Crippen LogP contribution in [0.5, 0.6) is 5.75 Å². The van der Waals surface area contributed by atoms with Crippen molar-refractivity contribution < 1.29 is 27.5 Å². The van der Waals surface area contributed by atoms with Gasteiger partial charge in [-0.2, -0.15) is 0 Å². The number of likely N-dealkylation sites (N-methyl/N-ethyl adjacent to an activating group) is 1. The van der Waals surface area contributed by atoms with Crippen LogP contribution in [0.2, 0.25) is 0 Å². The Balaban J connectivity index is 1.58. The van der Waals surface area contributed by atoms with E-state index in [0.717, 1.165) is 21.7 Å². The fourth-order valence-electron chi connectivity index (χ4n) is 2.62. The number of amides is 2. The van der Waals surface area contributed by atoms with Gasteiger partial charge in [-0.15, -0.1) is 18.3 Å². The summed E-state index contributed by atoms with van der Waals surface area (Å²) in [6, 6.07) is 11.1. The summed E-state index contributed by atoms with van der Waals surface area (Å²) < 4.78 is 41.2. The highest BCUT2D eigenvalue weighted by Crippen LogP contribution is 2.23. The van der Waals surface area contributed by atoms with Crippen LogP contribution in [0.4, 0.5) is 18.9 Å². The Morgan fingerprint density at radius 3 is 2.48 bits per heavy atom. The summed E-state index contributed by atoms with van der Waals surface area (Å²) in [5.74, 6) is -1.58. The lowest BCUT2D eigenvalue weighted by Crippen LogP contribution is -2.39. The molecule has 2 aromatic carbocycles. The number of rotatable bonds is 6. The molecule has 0 unspecified atom stereocenters. The highest BCUT2D eigenvalue weighted by Gasteiger charge is 2.31. The maximum atomic E-state index is 12.4. The number of hydrogen-bond donors (Lipinski definition) is 1. The summed E-state index contributed by atoms with van der Waals surface area (Å²) in [6.45, 7) is -0.765. The first-order valence-electron chi connectivity index (χ1n) is 8.84. The van der Waals surface area contributed by atoms with Gasteiger partial charge < -0.3 is 15.0 Å². The van der Waals surface area contributed by atoms with Crippen LogP contribution in [-0.4, -0.2) is 51.7 Å². The van der Waals surface area contributed by atoms with E-state index in [1.54, 1.807) is 24.3 Å². The first kappa shape index (κ1) is 21.7. The van der Waals surface area contributed by atoms with Gasteiger partial charge in [-0.05, 0) is 36.4 Å². The number of nitrogens with zero attached hydrogens (tertiary/aromatic N) is 4. The van der Waals surface area contributed by atoms with E-state index in [9.17, 15) is 27.6 Å². The molecule has 0 aliphatic heterocycles. The van der Waals surface area contributed by atoms with Crippen molar-refractivity contribution in [2.75, 3.05) is 18.9 Å². The van der Waals surface area contributed by atoms with Crippen molar-refractivity contribution in [2.24, 2.45) is 0 Å². The van der Waals surface area contributed by atoms with Gasteiger partial charge in [0.15, 0.2) is 0 Å². The predicted molar refractivity (Wildman–Crippen MR) is 103 cm³/mol. The monoisotopic (exact) mass is 435 g/mol. The maximum Gasteiger partial charge on any atom is 0.573 e. The van der Waals surface area contributed by atoms with Crippen LogP contribution >= 0.6 is 0 Å². The average Bonchev–Trinajstić information content (AvgIpc) is 2.70. The van der Waals surface area contributed by atoms with Crippen LogP contribution in [-0.2, 0) is 16.1 Å². The van der Waals surface area contributed by atoms with Crippen molar-refractivity contribution in [3.05, 3.63) is 58.9 Å². The predicted octanol–water partition coefficient (Wildman–Crippen LogP) is 1.79. The number of aromatic nitrogens is 3. The minimum atomic E-state index is -4.81. The van der Waals surface area contributed by atoms with Gasteiger partial charge in [0.2, 0.25) is 11.8 Å². The van der Waals surface area contributed by atoms with Gasteiger partial charge >= 0.3 is 6.36 Å². The van der Waals surface area contributed by atoms with Crippen LogP contribution in [0, 0.1) is 0 Å². The third-order valence-corrected chi connectivity index (χ3v) is 4.09. The quantitative estimate of drug-likeness (QED) is 0.633. The van der Waals surface area contributed by atoms with Crippen molar-refractivity contribution >= 4 is 28.4 Å². The molecule has 0 saturated heterocycles. The Hall–Kier alpha value is -3.96. The topological polar surface area (TPSA) is 106 Å². The fourth-order valence-corrected chi connectivity index (χ4v) is 2.62. The van der Waals surface area contributed by atoms with Gasteiger partial charge in [-0.3, -0.25) is 14.4 Å². The Kier molecular flexibility index (Phi) is 6.18. The highest BCUT2D eigenvalue weighted by atomic mass is 19.4. The highest BCUT2D eigenvalue weighted by molar-refractivity contribution is 5.94. The molecule has 9 nitrogen and oxygen atoms in total. The lowest BCUT2D eigenvalue weighted by molar-refractivity contribution is -0.274. The lowest BCUT2D eigenvalue weighted by Gasteiger charge is -2.17. The summed E-state index contributed by atoms with van der Waals surface area (Å²) in [6.07, 6.45) is -4.81. The van der Waals surface area contributed by atoms with Crippen molar-refractivity contribution in [2.45, 2.75) is 12.9 Å². The first-order chi connectivity index (χ1) is 14.6. The van der Waals surface area contributed by atoms with Gasteiger partial charge in [0, 0.05) is 12.7 Å². The molecule has 0 aliphatic rings. The van der Waals surface area contributed by atoms with E-state index in [1.165, 1.54) is 19.2 Å². The molecule has 1 heterocycles. The molecular weight excluding hydrogens is 419 g/mol. The van der Waals surface area contributed by atoms with Gasteiger partial charge in [0.1, 0.15) is 17.8 Å². The van der Waals surface area contributed by atoms with Crippen LogP contribution in [0.15, 0.2) is 53.3 Å². The third kappa shape index (κ3) is 5.78. The van der Waals surface area contributed by atoms with Crippen LogP contribution in [0.25, 0.3) is 10.9 Å². The van der Waals surface area contributed by atoms with Crippen LogP contribution in [0.1, 0.15) is 0 Å². The average molecular weight is 435 g/mol. The molecule has 0 aliphatic carbocycles. The van der Waals surface area contributed by atoms with Crippen LogP contribution < -0.4 is 15.6 Å². The first-order valence-corrected chi connectivity index (χ1v) is 8.84. The van der Waals surface area contributed by atoms with Crippen LogP contribution in [0.3, 0.4) is 0 Å². The summed E-state index contributed by atoms with van der Waals surface area (Å²) in [7, 11) is 1.36. The molecule has 0 atom stereocenters.